The number of anilines is 1. The van der Waals surface area contributed by atoms with Gasteiger partial charge in [-0.3, -0.25) is 4.79 Å². The van der Waals surface area contributed by atoms with Crippen LogP contribution in [0.2, 0.25) is 0 Å². The SMILES string of the molecule is Cc1cccc(C)c1-c1cc2nc(n1)NS(=O)(=O)c1cccc(c1)C(=O)N(Cc1ncc(O[C@H](C)C(C)C)cn1)[C@H](CC(C)(C)C)CO2. The summed E-state index contributed by atoms with van der Waals surface area (Å²) in [6.07, 6.45) is 3.75. The van der Waals surface area contributed by atoms with Crippen LogP contribution in [0.5, 0.6) is 11.6 Å². The zero-order valence-electron chi connectivity index (χ0n) is 28.8. The molecule has 11 nitrogen and oxygen atoms in total. The first-order valence-electron chi connectivity index (χ1n) is 16.1. The monoisotopic (exact) mass is 672 g/mol. The number of aryl methyl sites for hydroxylation is 2. The molecule has 0 saturated heterocycles. The summed E-state index contributed by atoms with van der Waals surface area (Å²) in [7, 11) is -4.18. The van der Waals surface area contributed by atoms with Crippen LogP contribution in [-0.2, 0) is 16.6 Å². The van der Waals surface area contributed by atoms with Crippen molar-refractivity contribution in [2.24, 2.45) is 11.3 Å². The second kappa shape index (κ2) is 13.9. The van der Waals surface area contributed by atoms with Crippen LogP contribution in [0.1, 0.15) is 75.3 Å². The zero-order chi connectivity index (χ0) is 34.8. The normalized spacial score (nSPS) is 17.0. The molecule has 0 aliphatic carbocycles. The molecular formula is C36H44N6O5S. The fourth-order valence-corrected chi connectivity index (χ4v) is 6.52. The Morgan fingerprint density at radius 3 is 2.31 bits per heavy atom. The number of benzene rings is 2. The van der Waals surface area contributed by atoms with Crippen LogP contribution >= 0.6 is 0 Å². The van der Waals surface area contributed by atoms with E-state index in [0.29, 0.717) is 29.6 Å². The molecule has 3 heterocycles. The van der Waals surface area contributed by atoms with Crippen molar-refractivity contribution in [1.29, 1.82) is 0 Å². The van der Waals surface area contributed by atoms with Crippen LogP contribution in [0, 0.1) is 25.2 Å². The van der Waals surface area contributed by atoms with Gasteiger partial charge in [0.2, 0.25) is 11.8 Å². The molecule has 0 radical (unpaired) electrons. The predicted octanol–water partition coefficient (Wildman–Crippen LogP) is 6.61. The molecule has 0 saturated carbocycles. The van der Waals surface area contributed by atoms with Gasteiger partial charge >= 0.3 is 0 Å². The molecule has 1 aliphatic rings. The summed E-state index contributed by atoms with van der Waals surface area (Å²) in [5.74, 6) is 0.918. The first kappa shape index (κ1) is 34.7. The Bertz CT molecular complexity index is 1870. The number of aromatic nitrogens is 4. The molecule has 0 fully saturated rings. The lowest BCUT2D eigenvalue weighted by atomic mass is 9.87. The number of carbonyl (C=O) groups is 1. The summed E-state index contributed by atoms with van der Waals surface area (Å²) in [4.78, 5) is 34.0. The number of ether oxygens (including phenoxy) is 2. The van der Waals surface area contributed by atoms with E-state index in [0.717, 1.165) is 16.7 Å². The summed E-state index contributed by atoms with van der Waals surface area (Å²) in [5.41, 5.74) is 3.30. The minimum absolute atomic E-state index is 0.0240. The molecule has 5 rings (SSSR count). The molecule has 0 spiro atoms. The molecule has 4 aromatic rings. The Morgan fingerprint density at radius 1 is 1.00 bits per heavy atom. The van der Waals surface area contributed by atoms with Crippen LogP contribution in [0.15, 0.2) is 65.8 Å². The molecule has 12 heteroatoms. The quantitative estimate of drug-likeness (QED) is 0.230. The second-order valence-electron chi connectivity index (χ2n) is 13.9. The maximum absolute atomic E-state index is 14.4. The topological polar surface area (TPSA) is 136 Å². The van der Waals surface area contributed by atoms with Crippen LogP contribution in [-0.4, -0.2) is 57.9 Å². The van der Waals surface area contributed by atoms with Gasteiger partial charge in [-0.2, -0.15) is 4.98 Å². The summed E-state index contributed by atoms with van der Waals surface area (Å²) in [6.45, 7) is 16.5. The zero-order valence-corrected chi connectivity index (χ0v) is 29.6. The fourth-order valence-electron chi connectivity index (χ4n) is 5.54. The predicted molar refractivity (Wildman–Crippen MR) is 184 cm³/mol. The Balaban J connectivity index is 1.61. The third-order valence-electron chi connectivity index (χ3n) is 8.28. The number of amides is 1. The van der Waals surface area contributed by atoms with Crippen LogP contribution in [0.25, 0.3) is 11.3 Å². The molecule has 48 heavy (non-hydrogen) atoms. The van der Waals surface area contributed by atoms with Gasteiger partial charge in [0.1, 0.15) is 12.4 Å². The molecule has 1 N–H and O–H groups in total. The van der Waals surface area contributed by atoms with E-state index in [1.807, 2.05) is 39.0 Å². The van der Waals surface area contributed by atoms with Crippen molar-refractivity contribution < 1.29 is 22.7 Å². The molecule has 1 amide bonds. The lowest BCUT2D eigenvalue weighted by molar-refractivity contribution is 0.0505. The van der Waals surface area contributed by atoms with E-state index < -0.39 is 16.1 Å². The van der Waals surface area contributed by atoms with E-state index in [2.05, 4.69) is 59.3 Å². The number of nitrogens with one attached hydrogen (secondary N) is 1. The second-order valence-corrected chi connectivity index (χ2v) is 15.6. The highest BCUT2D eigenvalue weighted by Crippen LogP contribution is 2.31. The minimum atomic E-state index is -4.18. The average Bonchev–Trinajstić information content (AvgIpc) is 3.01. The number of nitrogens with zero attached hydrogens (tertiary/aromatic N) is 5. The highest BCUT2D eigenvalue weighted by molar-refractivity contribution is 7.92. The maximum atomic E-state index is 14.4. The smallest absolute Gasteiger partial charge is 0.264 e. The summed E-state index contributed by atoms with van der Waals surface area (Å²) in [6, 6.07) is 13.1. The van der Waals surface area contributed by atoms with Gasteiger partial charge in [0.25, 0.3) is 15.9 Å². The number of carbonyl (C=O) groups excluding carboxylic acids is 1. The third kappa shape index (κ3) is 8.28. The molecule has 2 aromatic heterocycles. The first-order chi connectivity index (χ1) is 22.6. The number of sulfonamides is 1. The highest BCUT2D eigenvalue weighted by Gasteiger charge is 2.32. The van der Waals surface area contributed by atoms with Crippen molar-refractivity contribution >= 4 is 21.9 Å². The standard InChI is InChI=1S/C36H44N6O5S/c1-22(2)25(5)47-28-18-37-31(38-19-28)20-42-27(17-36(6,7)8)21-46-32-16-30(33-23(3)11-9-12-24(33)4)39-35(40-32)41-48(44,45)29-14-10-13-26(15-29)34(42)43/h9-16,18-19,22,25,27H,17,20-21H2,1-8H3,(H,39,40,41)/t25-,27-/m1/s1. The van der Waals surface area contributed by atoms with E-state index in [9.17, 15) is 13.2 Å². The molecule has 1 aliphatic heterocycles. The van der Waals surface area contributed by atoms with E-state index >= 15 is 0 Å². The number of rotatable bonds is 7. The van der Waals surface area contributed by atoms with Crippen LogP contribution in [0.4, 0.5) is 5.95 Å². The first-order valence-corrected chi connectivity index (χ1v) is 17.6. The van der Waals surface area contributed by atoms with Gasteiger partial charge in [0.05, 0.1) is 41.7 Å². The lowest BCUT2D eigenvalue weighted by Gasteiger charge is -2.35. The molecule has 254 valence electrons. The summed E-state index contributed by atoms with van der Waals surface area (Å²) >= 11 is 0. The van der Waals surface area contributed by atoms with Gasteiger partial charge < -0.3 is 14.4 Å². The van der Waals surface area contributed by atoms with E-state index in [4.69, 9.17) is 9.47 Å². The number of hydrogen-bond acceptors (Lipinski definition) is 9. The Morgan fingerprint density at radius 2 is 1.67 bits per heavy atom. The Labute approximate surface area is 283 Å². The van der Waals surface area contributed by atoms with E-state index in [1.54, 1.807) is 35.5 Å². The van der Waals surface area contributed by atoms with Crippen molar-refractivity contribution in [2.45, 2.75) is 85.4 Å². The van der Waals surface area contributed by atoms with E-state index in [-0.39, 0.29) is 52.9 Å². The number of hydrogen-bond donors (Lipinski definition) is 1. The van der Waals surface area contributed by atoms with Crippen LogP contribution < -0.4 is 14.2 Å². The Kier molecular flexibility index (Phi) is 10.0. The summed E-state index contributed by atoms with van der Waals surface area (Å²) in [5, 5.41) is 0. The lowest BCUT2D eigenvalue weighted by Crippen LogP contribution is -2.45. The number of fused-ring (bicyclic) bond motifs is 4. The molecule has 4 bridgehead atoms. The van der Waals surface area contributed by atoms with Gasteiger partial charge in [0.15, 0.2) is 5.75 Å². The molecular weight excluding hydrogens is 629 g/mol. The van der Waals surface area contributed by atoms with Crippen molar-refractivity contribution in [3.63, 3.8) is 0 Å². The fraction of sp³-hybridized carbons (Fsp3) is 0.417. The highest BCUT2D eigenvalue weighted by atomic mass is 32.2. The van der Waals surface area contributed by atoms with Gasteiger partial charge in [-0.05, 0) is 67.9 Å². The van der Waals surface area contributed by atoms with Crippen molar-refractivity contribution in [3.8, 4) is 22.9 Å². The van der Waals surface area contributed by atoms with Crippen LogP contribution in [0.3, 0.4) is 0 Å². The van der Waals surface area contributed by atoms with Crippen molar-refractivity contribution in [3.05, 3.63) is 83.4 Å². The van der Waals surface area contributed by atoms with Crippen molar-refractivity contribution in [2.75, 3.05) is 11.3 Å². The van der Waals surface area contributed by atoms with Gasteiger partial charge in [-0.25, -0.2) is 28.1 Å². The molecule has 0 unspecified atom stereocenters. The van der Waals surface area contributed by atoms with Gasteiger partial charge in [-0.15, -0.1) is 0 Å². The molecule has 2 atom stereocenters. The maximum Gasteiger partial charge on any atom is 0.264 e. The minimum Gasteiger partial charge on any atom is -0.487 e. The van der Waals surface area contributed by atoms with Gasteiger partial charge in [-0.1, -0.05) is 58.9 Å². The van der Waals surface area contributed by atoms with Gasteiger partial charge in [0, 0.05) is 17.2 Å². The molecule has 2 aromatic carbocycles. The summed E-state index contributed by atoms with van der Waals surface area (Å²) < 4.78 is 42.1. The Hall–Kier alpha value is -4.58. The van der Waals surface area contributed by atoms with E-state index in [1.165, 1.54) is 12.1 Å². The largest absolute Gasteiger partial charge is 0.487 e. The average molecular weight is 673 g/mol. The third-order valence-corrected chi connectivity index (χ3v) is 9.61. The van der Waals surface area contributed by atoms with Crippen molar-refractivity contribution in [1.82, 2.24) is 24.8 Å².